The Bertz CT molecular complexity index is 740. The second-order valence-corrected chi connectivity index (χ2v) is 7.79. The summed E-state index contributed by atoms with van der Waals surface area (Å²) in [6, 6.07) is 5.93. The minimum atomic E-state index is -4.93. The summed E-state index contributed by atoms with van der Waals surface area (Å²) in [5, 5.41) is 1.71. The van der Waals surface area contributed by atoms with Crippen LogP contribution in [-0.2, 0) is 14.8 Å². The summed E-state index contributed by atoms with van der Waals surface area (Å²) in [6.07, 6.45) is 1.04. The van der Waals surface area contributed by atoms with Gasteiger partial charge in [-0.3, -0.25) is 4.79 Å². The van der Waals surface area contributed by atoms with Crippen LogP contribution in [0.3, 0.4) is 0 Å². The van der Waals surface area contributed by atoms with Crippen LogP contribution in [0.1, 0.15) is 45.1 Å². The Labute approximate surface area is 158 Å². The number of rotatable bonds is 10. The first-order chi connectivity index (χ1) is 12.6. The van der Waals surface area contributed by atoms with Crippen molar-refractivity contribution in [1.82, 2.24) is 10.0 Å². The maximum atomic E-state index is 12.6. The average Bonchev–Trinajstić information content (AvgIpc) is 2.58. The Kier molecular flexibility index (Phi) is 8.98. The highest BCUT2D eigenvalue weighted by Crippen LogP contribution is 2.16. The molecule has 0 radical (unpaired) electrons. The maximum absolute atomic E-state index is 12.6. The molecule has 0 saturated carbocycles. The smallest absolute Gasteiger partial charge is 0.345 e. The molecule has 0 aromatic heterocycles. The van der Waals surface area contributed by atoms with E-state index in [0.717, 1.165) is 25.7 Å². The van der Waals surface area contributed by atoms with Gasteiger partial charge in [-0.2, -0.15) is 13.2 Å². The molecule has 1 aromatic carbocycles. The van der Waals surface area contributed by atoms with Gasteiger partial charge in [0, 0.05) is 12.6 Å². The normalized spacial score (nSPS) is 12.7. The van der Waals surface area contributed by atoms with E-state index in [2.05, 4.69) is 4.72 Å². The van der Waals surface area contributed by atoms with Gasteiger partial charge in [-0.25, -0.2) is 13.1 Å². The van der Waals surface area contributed by atoms with Crippen molar-refractivity contribution in [3.8, 4) is 0 Å². The molecular weight excluding hydrogens is 381 g/mol. The number of benzene rings is 1. The van der Waals surface area contributed by atoms with Crippen LogP contribution in [0.2, 0.25) is 0 Å². The zero-order valence-electron chi connectivity index (χ0n) is 15.3. The van der Waals surface area contributed by atoms with E-state index in [1.54, 1.807) is 17.4 Å². The molecule has 0 spiro atoms. The lowest BCUT2D eigenvalue weighted by Crippen LogP contribution is -2.36. The van der Waals surface area contributed by atoms with E-state index in [1.165, 1.54) is 24.3 Å². The number of hydrogen-bond acceptors (Lipinski definition) is 3. The molecule has 1 aromatic rings. The molecule has 152 valence electrons. The topological polar surface area (TPSA) is 75.3 Å². The van der Waals surface area contributed by atoms with Gasteiger partial charge in [0.05, 0.1) is 4.90 Å². The third-order valence-electron chi connectivity index (χ3n) is 3.71. The van der Waals surface area contributed by atoms with Gasteiger partial charge in [0.1, 0.15) is 0 Å². The molecule has 0 bridgehead atoms. The zero-order valence-corrected chi connectivity index (χ0v) is 16.2. The van der Waals surface area contributed by atoms with E-state index in [1.807, 2.05) is 13.8 Å². The highest BCUT2D eigenvalue weighted by Gasteiger charge is 2.37. The number of carbonyl (C=O) groups is 1. The van der Waals surface area contributed by atoms with Crippen molar-refractivity contribution in [1.29, 1.82) is 0 Å². The molecule has 27 heavy (non-hydrogen) atoms. The number of sulfonamides is 1. The third kappa shape index (κ3) is 8.13. The van der Waals surface area contributed by atoms with Gasteiger partial charge in [0.2, 0.25) is 10.0 Å². The van der Waals surface area contributed by atoms with Crippen molar-refractivity contribution < 1.29 is 26.4 Å². The van der Waals surface area contributed by atoms with Crippen LogP contribution in [-0.4, -0.2) is 33.1 Å². The number of alkyl halides is 3. The Hall–Kier alpha value is -1.87. The van der Waals surface area contributed by atoms with Crippen LogP contribution in [0, 0.1) is 0 Å². The molecule has 0 unspecified atom stereocenters. The Balaban J connectivity index is 2.79. The number of hydrogen-bond donors (Lipinski definition) is 2. The second-order valence-electron chi connectivity index (χ2n) is 6.08. The van der Waals surface area contributed by atoms with E-state index >= 15 is 0 Å². The van der Waals surface area contributed by atoms with Crippen LogP contribution in [0.4, 0.5) is 13.2 Å². The van der Waals surface area contributed by atoms with Gasteiger partial charge in [-0.1, -0.05) is 51.0 Å². The first kappa shape index (κ1) is 23.2. The van der Waals surface area contributed by atoms with Gasteiger partial charge < -0.3 is 5.32 Å². The van der Waals surface area contributed by atoms with Gasteiger partial charge in [0.25, 0.3) is 0 Å². The molecule has 1 rings (SSSR count). The lowest BCUT2D eigenvalue weighted by Gasteiger charge is -2.17. The number of nitrogens with one attached hydrogen (secondary N) is 2. The van der Waals surface area contributed by atoms with E-state index in [0.29, 0.717) is 5.56 Å². The van der Waals surface area contributed by atoms with Gasteiger partial charge in [-0.15, -0.1) is 0 Å². The van der Waals surface area contributed by atoms with Crippen molar-refractivity contribution in [2.75, 3.05) is 6.54 Å². The van der Waals surface area contributed by atoms with E-state index in [4.69, 9.17) is 0 Å². The standard InChI is InChI=1S/C18H25F3N2O3S/c1-3-7-15(8-4-2)23-27(25,26)16-11-5-9-14(13-16)10-6-12-22-17(24)18(19,20)21/h5-6,9-11,13,15,23H,3-4,7-8,12H2,1-2H3,(H,22,24)/b10-6+. The summed E-state index contributed by atoms with van der Waals surface area (Å²) in [6.45, 7) is 3.66. The lowest BCUT2D eigenvalue weighted by atomic mass is 10.1. The first-order valence-corrected chi connectivity index (χ1v) is 10.2. The van der Waals surface area contributed by atoms with Crippen molar-refractivity contribution in [3.05, 3.63) is 35.9 Å². The third-order valence-corrected chi connectivity index (χ3v) is 5.23. The molecule has 0 aliphatic carbocycles. The second kappa shape index (κ2) is 10.5. The molecule has 5 nitrogen and oxygen atoms in total. The van der Waals surface area contributed by atoms with Crippen molar-refractivity contribution in [3.63, 3.8) is 0 Å². The Morgan fingerprint density at radius 3 is 2.37 bits per heavy atom. The SMILES string of the molecule is CCCC(CCC)NS(=O)(=O)c1cccc(/C=C/CNC(=O)C(F)(F)F)c1. The molecule has 0 aliphatic rings. The maximum Gasteiger partial charge on any atom is 0.471 e. The fourth-order valence-corrected chi connectivity index (χ4v) is 3.84. The molecule has 9 heteroatoms. The minimum absolute atomic E-state index is 0.0844. The summed E-state index contributed by atoms with van der Waals surface area (Å²) in [7, 11) is -3.69. The van der Waals surface area contributed by atoms with Crippen molar-refractivity contribution in [2.24, 2.45) is 0 Å². The van der Waals surface area contributed by atoms with Gasteiger partial charge in [-0.05, 0) is 30.5 Å². The van der Waals surface area contributed by atoms with Crippen LogP contribution < -0.4 is 10.0 Å². The summed E-state index contributed by atoms with van der Waals surface area (Å²) in [5.41, 5.74) is 0.502. The minimum Gasteiger partial charge on any atom is -0.345 e. The van der Waals surface area contributed by atoms with Gasteiger partial charge >= 0.3 is 12.1 Å². The van der Waals surface area contributed by atoms with Crippen LogP contribution in [0.25, 0.3) is 6.08 Å². The zero-order chi connectivity index (χ0) is 20.5. The molecule has 0 aliphatic heterocycles. The summed E-state index contributed by atoms with van der Waals surface area (Å²) in [5.74, 6) is -2.02. The van der Waals surface area contributed by atoms with E-state index < -0.39 is 22.1 Å². The number of halogens is 3. The number of carbonyl (C=O) groups excluding carboxylic acids is 1. The molecule has 1 amide bonds. The van der Waals surface area contributed by atoms with E-state index in [9.17, 15) is 26.4 Å². The summed E-state index contributed by atoms with van der Waals surface area (Å²) in [4.78, 5) is 10.8. The predicted molar refractivity (Wildman–Crippen MR) is 98.5 cm³/mol. The fraction of sp³-hybridized carbons (Fsp3) is 0.500. The Morgan fingerprint density at radius 2 is 1.81 bits per heavy atom. The summed E-state index contributed by atoms with van der Waals surface area (Å²) < 4.78 is 64.1. The molecule has 0 atom stereocenters. The fourth-order valence-electron chi connectivity index (χ4n) is 2.48. The predicted octanol–water partition coefficient (Wildman–Crippen LogP) is 3.63. The van der Waals surface area contributed by atoms with E-state index in [-0.39, 0.29) is 17.5 Å². The van der Waals surface area contributed by atoms with Gasteiger partial charge in [0.15, 0.2) is 0 Å². The molecule has 0 fully saturated rings. The monoisotopic (exact) mass is 406 g/mol. The van der Waals surface area contributed by atoms with Crippen molar-refractivity contribution >= 4 is 22.0 Å². The van der Waals surface area contributed by atoms with Crippen LogP contribution >= 0.6 is 0 Å². The Morgan fingerprint density at radius 1 is 1.19 bits per heavy atom. The largest absolute Gasteiger partial charge is 0.471 e. The number of amides is 1. The first-order valence-electron chi connectivity index (χ1n) is 8.74. The highest BCUT2D eigenvalue weighted by atomic mass is 32.2. The average molecular weight is 406 g/mol. The van der Waals surface area contributed by atoms with Crippen LogP contribution in [0.5, 0.6) is 0 Å². The molecule has 0 saturated heterocycles. The molecule has 0 heterocycles. The highest BCUT2D eigenvalue weighted by molar-refractivity contribution is 7.89. The molecule has 2 N–H and O–H groups in total. The molecular formula is C18H25F3N2O3S. The quantitative estimate of drug-likeness (QED) is 0.623. The lowest BCUT2D eigenvalue weighted by molar-refractivity contribution is -0.173. The van der Waals surface area contributed by atoms with Crippen LogP contribution in [0.15, 0.2) is 35.2 Å². The van der Waals surface area contributed by atoms with Crippen molar-refractivity contribution in [2.45, 2.75) is 56.6 Å². The summed E-state index contributed by atoms with van der Waals surface area (Å²) >= 11 is 0.